The van der Waals surface area contributed by atoms with E-state index in [9.17, 15) is 4.79 Å². The van der Waals surface area contributed by atoms with E-state index in [0.717, 1.165) is 11.5 Å². The van der Waals surface area contributed by atoms with Crippen LogP contribution in [-0.4, -0.2) is 19.6 Å². The smallest absolute Gasteiger partial charge is 0.348 e. The number of anilines is 1. The van der Waals surface area contributed by atoms with Gasteiger partial charge in [0.05, 0.1) is 5.69 Å². The normalized spacial score (nSPS) is 11.9. The number of rotatable bonds is 2. The molecule has 2 rings (SSSR count). The molecule has 0 aliphatic rings. The highest BCUT2D eigenvalue weighted by atomic mass is 16.1. The predicted molar refractivity (Wildman–Crippen MR) is 66.2 cm³/mol. The molecule has 0 fully saturated rings. The maximum atomic E-state index is 11.8. The lowest BCUT2D eigenvalue weighted by Gasteiger charge is -2.03. The second-order valence-corrected chi connectivity index (χ2v) is 4.76. The summed E-state index contributed by atoms with van der Waals surface area (Å²) in [6.45, 7) is 8.03. The summed E-state index contributed by atoms with van der Waals surface area (Å²) in [6, 6.07) is 0. The first-order chi connectivity index (χ1) is 7.93. The number of aromatic amines is 1. The van der Waals surface area contributed by atoms with Gasteiger partial charge in [-0.1, -0.05) is 27.7 Å². The van der Waals surface area contributed by atoms with E-state index in [-0.39, 0.29) is 17.5 Å². The molecule has 2 heterocycles. The van der Waals surface area contributed by atoms with Crippen LogP contribution in [0.15, 0.2) is 4.79 Å². The average Bonchev–Trinajstić information content (AvgIpc) is 2.64. The monoisotopic (exact) mass is 235 g/mol. The number of fused-ring (bicyclic) bond motifs is 1. The minimum absolute atomic E-state index is 0.151. The van der Waals surface area contributed by atoms with E-state index in [0.29, 0.717) is 11.3 Å². The van der Waals surface area contributed by atoms with Crippen molar-refractivity contribution in [2.45, 2.75) is 39.5 Å². The van der Waals surface area contributed by atoms with E-state index < -0.39 is 0 Å². The van der Waals surface area contributed by atoms with E-state index in [1.165, 1.54) is 4.40 Å². The Balaban J connectivity index is 2.96. The van der Waals surface area contributed by atoms with E-state index in [1.807, 2.05) is 27.7 Å². The third kappa shape index (κ3) is 1.69. The van der Waals surface area contributed by atoms with Crippen molar-refractivity contribution >= 4 is 11.3 Å². The van der Waals surface area contributed by atoms with Gasteiger partial charge in [-0.3, -0.25) is 0 Å². The van der Waals surface area contributed by atoms with Crippen molar-refractivity contribution in [2.24, 2.45) is 0 Å². The minimum Gasteiger partial charge on any atom is -0.380 e. The molecule has 92 valence electrons. The summed E-state index contributed by atoms with van der Waals surface area (Å²) in [6.07, 6.45) is 0. The van der Waals surface area contributed by atoms with Gasteiger partial charge in [0.2, 0.25) is 0 Å². The average molecular weight is 235 g/mol. The molecule has 0 saturated carbocycles. The summed E-state index contributed by atoms with van der Waals surface area (Å²) < 4.78 is 1.53. The van der Waals surface area contributed by atoms with Crippen molar-refractivity contribution in [2.75, 3.05) is 5.73 Å². The van der Waals surface area contributed by atoms with E-state index in [1.54, 1.807) is 0 Å². The number of aromatic nitrogens is 4. The maximum absolute atomic E-state index is 11.8. The molecular formula is C11H17N5O. The van der Waals surface area contributed by atoms with Gasteiger partial charge in [-0.2, -0.15) is 5.10 Å². The van der Waals surface area contributed by atoms with Crippen molar-refractivity contribution < 1.29 is 0 Å². The highest BCUT2D eigenvalue weighted by Gasteiger charge is 2.20. The number of H-pyrrole nitrogens is 1. The van der Waals surface area contributed by atoms with Gasteiger partial charge in [-0.25, -0.2) is 19.3 Å². The van der Waals surface area contributed by atoms with Gasteiger partial charge in [-0.05, 0) is 5.92 Å². The summed E-state index contributed by atoms with van der Waals surface area (Å²) in [5.41, 5.74) is 7.00. The van der Waals surface area contributed by atoms with Crippen LogP contribution in [0.5, 0.6) is 0 Å². The molecule has 6 heteroatoms. The lowest BCUT2D eigenvalue weighted by molar-refractivity contribution is 0.734. The summed E-state index contributed by atoms with van der Waals surface area (Å²) >= 11 is 0. The van der Waals surface area contributed by atoms with Crippen LogP contribution >= 0.6 is 0 Å². The van der Waals surface area contributed by atoms with E-state index in [2.05, 4.69) is 15.2 Å². The molecule has 0 aliphatic heterocycles. The fourth-order valence-corrected chi connectivity index (χ4v) is 1.91. The SMILES string of the molecule is CC(C)c1nc(C(C)C)n2c(=O)[nH]nc(N)c12. The Morgan fingerprint density at radius 2 is 1.88 bits per heavy atom. The zero-order chi connectivity index (χ0) is 12.7. The molecule has 0 saturated heterocycles. The Morgan fingerprint density at radius 1 is 1.24 bits per heavy atom. The lowest BCUT2D eigenvalue weighted by atomic mass is 10.1. The molecule has 2 aromatic heterocycles. The van der Waals surface area contributed by atoms with Gasteiger partial charge in [-0.15, -0.1) is 0 Å². The first kappa shape index (κ1) is 11.6. The molecule has 3 N–H and O–H groups in total. The lowest BCUT2D eigenvalue weighted by Crippen LogP contribution is -2.21. The molecule has 0 atom stereocenters. The molecule has 0 spiro atoms. The number of hydrogen-bond donors (Lipinski definition) is 2. The second kappa shape index (κ2) is 3.87. The Labute approximate surface area is 98.9 Å². The van der Waals surface area contributed by atoms with Crippen molar-refractivity contribution in [3.63, 3.8) is 0 Å². The first-order valence-electron chi connectivity index (χ1n) is 5.69. The van der Waals surface area contributed by atoms with Crippen molar-refractivity contribution in [1.82, 2.24) is 19.6 Å². The van der Waals surface area contributed by atoms with Crippen LogP contribution in [0.4, 0.5) is 5.82 Å². The molecule has 0 radical (unpaired) electrons. The van der Waals surface area contributed by atoms with Crippen LogP contribution < -0.4 is 11.4 Å². The molecule has 0 unspecified atom stereocenters. The third-order valence-corrected chi connectivity index (χ3v) is 2.71. The Hall–Kier alpha value is -1.85. The molecular weight excluding hydrogens is 218 g/mol. The fourth-order valence-electron chi connectivity index (χ4n) is 1.91. The molecule has 0 aliphatic carbocycles. The van der Waals surface area contributed by atoms with Crippen LogP contribution in [0.1, 0.15) is 51.0 Å². The van der Waals surface area contributed by atoms with Crippen LogP contribution in [-0.2, 0) is 0 Å². The van der Waals surface area contributed by atoms with E-state index >= 15 is 0 Å². The van der Waals surface area contributed by atoms with Gasteiger partial charge < -0.3 is 5.73 Å². The van der Waals surface area contributed by atoms with E-state index in [4.69, 9.17) is 5.73 Å². The van der Waals surface area contributed by atoms with Gasteiger partial charge >= 0.3 is 5.69 Å². The predicted octanol–water partition coefficient (Wildman–Crippen LogP) is 1.25. The standard InChI is InChI=1S/C11H17N5O/c1-5(2)7-8-9(12)14-15-11(17)16(8)10(13-7)6(3)4/h5-6H,1-4H3,(H2,12,14)(H,15,17). The minimum atomic E-state index is -0.294. The quantitative estimate of drug-likeness (QED) is 0.819. The fraction of sp³-hybridized carbons (Fsp3) is 0.545. The number of nitrogen functional groups attached to an aromatic ring is 1. The highest BCUT2D eigenvalue weighted by molar-refractivity contribution is 5.69. The maximum Gasteiger partial charge on any atom is 0.348 e. The van der Waals surface area contributed by atoms with Gasteiger partial charge in [0.15, 0.2) is 5.82 Å². The largest absolute Gasteiger partial charge is 0.380 e. The molecule has 2 aromatic rings. The highest BCUT2D eigenvalue weighted by Crippen LogP contribution is 2.25. The number of hydrogen-bond acceptors (Lipinski definition) is 4. The zero-order valence-corrected chi connectivity index (χ0v) is 10.5. The van der Waals surface area contributed by atoms with Crippen LogP contribution in [0.25, 0.3) is 5.52 Å². The van der Waals surface area contributed by atoms with Crippen molar-refractivity contribution in [3.05, 3.63) is 22.0 Å². The Morgan fingerprint density at radius 3 is 2.41 bits per heavy atom. The molecule has 0 bridgehead atoms. The third-order valence-electron chi connectivity index (χ3n) is 2.71. The number of nitrogens with zero attached hydrogens (tertiary/aromatic N) is 3. The summed E-state index contributed by atoms with van der Waals surface area (Å²) in [4.78, 5) is 16.4. The molecule has 6 nitrogen and oxygen atoms in total. The summed E-state index contributed by atoms with van der Waals surface area (Å²) in [7, 11) is 0. The van der Waals surface area contributed by atoms with Gasteiger partial charge in [0.25, 0.3) is 0 Å². The Bertz CT molecular complexity index is 608. The van der Waals surface area contributed by atoms with Crippen LogP contribution in [0.3, 0.4) is 0 Å². The second-order valence-electron chi connectivity index (χ2n) is 4.76. The zero-order valence-electron chi connectivity index (χ0n) is 10.5. The van der Waals surface area contributed by atoms with Gasteiger partial charge in [0, 0.05) is 5.92 Å². The molecule has 0 aromatic carbocycles. The van der Waals surface area contributed by atoms with Crippen LogP contribution in [0.2, 0.25) is 0 Å². The van der Waals surface area contributed by atoms with Crippen LogP contribution in [0, 0.1) is 0 Å². The van der Waals surface area contributed by atoms with Crippen molar-refractivity contribution in [1.29, 1.82) is 0 Å². The summed E-state index contributed by atoms with van der Waals surface area (Å²) in [5, 5.41) is 6.18. The van der Waals surface area contributed by atoms with Crippen molar-refractivity contribution in [3.8, 4) is 0 Å². The molecule has 0 amide bonds. The topological polar surface area (TPSA) is 89.1 Å². The number of imidazole rings is 1. The number of nitrogens with one attached hydrogen (secondary N) is 1. The first-order valence-corrected chi connectivity index (χ1v) is 5.69. The molecule has 17 heavy (non-hydrogen) atoms. The van der Waals surface area contributed by atoms with Gasteiger partial charge in [0.1, 0.15) is 11.3 Å². The Kier molecular flexibility index (Phi) is 2.65. The summed E-state index contributed by atoms with van der Waals surface area (Å²) in [5.74, 6) is 1.38. The number of nitrogens with two attached hydrogens (primary N) is 1.